The van der Waals surface area contributed by atoms with Crippen molar-refractivity contribution in [1.82, 2.24) is 4.98 Å². The van der Waals surface area contributed by atoms with Crippen LogP contribution in [0.3, 0.4) is 0 Å². The van der Waals surface area contributed by atoms with Crippen molar-refractivity contribution < 1.29 is 13.0 Å². The fraction of sp³-hybridized carbons (Fsp3) is 0. The largest absolute Gasteiger partial charge is 0.305 e. The van der Waals surface area contributed by atoms with Gasteiger partial charge in [-0.05, 0) is 29.3 Å². The van der Waals surface area contributed by atoms with Crippen LogP contribution < -0.4 is 5.84 Å². The molecule has 37 heavy (non-hydrogen) atoms. The standard InChI is InChI=1S/C27H20N6O3S/c28-33-32-27-23-13-7-6-12-22(23)26(37(34,35)36)16-25(27)31-30-19-14-15-24(29-17-19)21-11-5-4-10-20(21)18-8-2-1-3-9-18/h1-17H,(H2,28,32)(H,34,35,36)/b31-30+. The molecular formula is C27H20N6O3S. The molecule has 3 N–H and O–H groups in total. The van der Waals surface area contributed by atoms with Gasteiger partial charge in [-0.3, -0.25) is 9.54 Å². The van der Waals surface area contributed by atoms with Gasteiger partial charge in [0.15, 0.2) is 0 Å². The van der Waals surface area contributed by atoms with Crippen molar-refractivity contribution in [2.24, 2.45) is 26.4 Å². The summed E-state index contributed by atoms with van der Waals surface area (Å²) in [6, 6.07) is 29.3. The molecule has 0 unspecified atom stereocenters. The quantitative estimate of drug-likeness (QED) is 0.108. The predicted molar refractivity (Wildman–Crippen MR) is 142 cm³/mol. The van der Waals surface area contributed by atoms with Gasteiger partial charge in [-0.15, -0.1) is 15.3 Å². The lowest BCUT2D eigenvalue weighted by molar-refractivity contribution is 0.484. The molecule has 10 heteroatoms. The van der Waals surface area contributed by atoms with Crippen molar-refractivity contribution in [1.29, 1.82) is 0 Å². The maximum Gasteiger partial charge on any atom is 0.295 e. The Morgan fingerprint density at radius 2 is 1.41 bits per heavy atom. The van der Waals surface area contributed by atoms with E-state index in [4.69, 9.17) is 5.84 Å². The smallest absolute Gasteiger partial charge is 0.295 e. The fourth-order valence-corrected chi connectivity index (χ4v) is 4.77. The van der Waals surface area contributed by atoms with E-state index in [1.54, 1.807) is 36.5 Å². The molecule has 0 atom stereocenters. The summed E-state index contributed by atoms with van der Waals surface area (Å²) in [5.74, 6) is 5.29. The topological polar surface area (TPSA) is 143 Å². The van der Waals surface area contributed by atoms with Gasteiger partial charge < -0.3 is 5.84 Å². The average molecular weight is 509 g/mol. The highest BCUT2D eigenvalue weighted by Gasteiger charge is 2.20. The van der Waals surface area contributed by atoms with Crippen LogP contribution in [0.1, 0.15) is 0 Å². The van der Waals surface area contributed by atoms with Gasteiger partial charge >= 0.3 is 0 Å². The normalized spacial score (nSPS) is 12.0. The highest BCUT2D eigenvalue weighted by molar-refractivity contribution is 7.86. The first kappa shape index (κ1) is 23.9. The molecule has 0 radical (unpaired) electrons. The fourth-order valence-electron chi connectivity index (χ4n) is 4.06. The van der Waals surface area contributed by atoms with Crippen LogP contribution in [0.5, 0.6) is 0 Å². The van der Waals surface area contributed by atoms with Gasteiger partial charge in [0.05, 0.1) is 11.9 Å². The Bertz CT molecular complexity index is 1750. The second kappa shape index (κ2) is 10.1. The Morgan fingerprint density at radius 3 is 2.08 bits per heavy atom. The first-order valence-corrected chi connectivity index (χ1v) is 12.6. The molecule has 1 aromatic heterocycles. The summed E-state index contributed by atoms with van der Waals surface area (Å²) in [5, 5.41) is 16.3. The van der Waals surface area contributed by atoms with E-state index < -0.39 is 10.1 Å². The second-order valence-electron chi connectivity index (χ2n) is 7.99. The molecule has 0 spiro atoms. The zero-order valence-electron chi connectivity index (χ0n) is 19.3. The van der Waals surface area contributed by atoms with Crippen LogP contribution in [0.25, 0.3) is 33.2 Å². The summed E-state index contributed by atoms with van der Waals surface area (Å²) in [4.78, 5) is 4.24. The van der Waals surface area contributed by atoms with Gasteiger partial charge in [-0.1, -0.05) is 84.1 Å². The number of aromatic nitrogens is 1. The van der Waals surface area contributed by atoms with Gasteiger partial charge in [0.25, 0.3) is 10.1 Å². The van der Waals surface area contributed by atoms with Crippen LogP contribution in [0, 0.1) is 0 Å². The van der Waals surface area contributed by atoms with E-state index in [2.05, 4.69) is 25.5 Å². The third-order valence-electron chi connectivity index (χ3n) is 5.70. The SMILES string of the molecule is NN=Nc1c(/N=N/c2ccc(-c3ccccc3-c3ccccc3)nc2)cc(S(=O)(=O)O)c2ccccc12. The molecule has 5 rings (SSSR count). The Balaban J connectivity index is 1.54. The lowest BCUT2D eigenvalue weighted by Gasteiger charge is -2.09. The second-order valence-corrected chi connectivity index (χ2v) is 9.38. The number of pyridine rings is 1. The molecule has 5 aromatic rings. The third-order valence-corrected chi connectivity index (χ3v) is 6.60. The lowest BCUT2D eigenvalue weighted by Crippen LogP contribution is -1.99. The van der Waals surface area contributed by atoms with Crippen LogP contribution in [0.15, 0.2) is 129 Å². The summed E-state index contributed by atoms with van der Waals surface area (Å²) in [6.07, 6.45) is 1.56. The molecule has 1 heterocycles. The zero-order chi connectivity index (χ0) is 25.8. The number of nitrogens with zero attached hydrogens (tertiary/aromatic N) is 5. The summed E-state index contributed by atoms with van der Waals surface area (Å²) in [6.45, 7) is 0. The van der Waals surface area contributed by atoms with Gasteiger partial charge in [0.2, 0.25) is 0 Å². The number of azo groups is 1. The molecule has 4 aromatic carbocycles. The number of rotatable bonds is 6. The molecule has 0 amide bonds. The van der Waals surface area contributed by atoms with E-state index in [0.717, 1.165) is 22.4 Å². The molecule has 0 fully saturated rings. The number of hydrogen-bond donors (Lipinski definition) is 2. The first-order chi connectivity index (χ1) is 18.0. The van der Waals surface area contributed by atoms with Gasteiger partial charge in [0.1, 0.15) is 22.0 Å². The maximum atomic E-state index is 12.0. The van der Waals surface area contributed by atoms with Gasteiger partial charge in [-0.25, -0.2) is 0 Å². The molecule has 0 bridgehead atoms. The molecule has 182 valence electrons. The van der Waals surface area contributed by atoms with Crippen molar-refractivity contribution in [3.8, 4) is 22.4 Å². The number of nitrogens with two attached hydrogens (primary N) is 1. The van der Waals surface area contributed by atoms with Crippen LogP contribution in [0.4, 0.5) is 17.1 Å². The molecule has 0 saturated heterocycles. The van der Waals surface area contributed by atoms with E-state index in [9.17, 15) is 13.0 Å². The average Bonchev–Trinajstić information content (AvgIpc) is 2.93. The van der Waals surface area contributed by atoms with Crippen LogP contribution in [-0.2, 0) is 10.1 Å². The number of benzene rings is 4. The van der Waals surface area contributed by atoms with Gasteiger partial charge in [-0.2, -0.15) is 8.42 Å². The Hall–Kier alpha value is -4.80. The first-order valence-electron chi connectivity index (χ1n) is 11.1. The number of fused-ring (bicyclic) bond motifs is 1. The van der Waals surface area contributed by atoms with Crippen molar-refractivity contribution in [2.75, 3.05) is 0 Å². The third kappa shape index (κ3) is 4.96. The predicted octanol–water partition coefficient (Wildman–Crippen LogP) is 7.19. The Kier molecular flexibility index (Phi) is 6.50. The maximum absolute atomic E-state index is 12.0. The van der Waals surface area contributed by atoms with Crippen LogP contribution in [0.2, 0.25) is 0 Å². The summed E-state index contributed by atoms with van der Waals surface area (Å²) in [5.41, 5.74) is 4.57. The van der Waals surface area contributed by atoms with Crippen LogP contribution >= 0.6 is 0 Å². The van der Waals surface area contributed by atoms with Gasteiger partial charge in [0, 0.05) is 16.3 Å². The van der Waals surface area contributed by atoms with Crippen molar-refractivity contribution in [3.05, 3.63) is 103 Å². The van der Waals surface area contributed by atoms with Crippen LogP contribution in [-0.4, -0.2) is 18.0 Å². The van der Waals surface area contributed by atoms with Crippen molar-refractivity contribution >= 4 is 38.0 Å². The Morgan fingerprint density at radius 1 is 0.730 bits per heavy atom. The molecule has 9 nitrogen and oxygen atoms in total. The van der Waals surface area contributed by atoms with E-state index in [1.807, 2.05) is 60.7 Å². The summed E-state index contributed by atoms with van der Waals surface area (Å²) >= 11 is 0. The van der Waals surface area contributed by atoms with Crippen molar-refractivity contribution in [3.63, 3.8) is 0 Å². The highest BCUT2D eigenvalue weighted by Crippen LogP contribution is 2.41. The molecule has 0 saturated carbocycles. The molecule has 0 aliphatic heterocycles. The minimum Gasteiger partial charge on any atom is -0.305 e. The molecule has 0 aliphatic carbocycles. The molecular weight excluding hydrogens is 488 g/mol. The number of hydrogen-bond acceptors (Lipinski definition) is 7. The zero-order valence-corrected chi connectivity index (χ0v) is 20.1. The van der Waals surface area contributed by atoms with E-state index in [0.29, 0.717) is 11.1 Å². The Labute approximate surface area is 212 Å². The highest BCUT2D eigenvalue weighted by atomic mass is 32.2. The summed E-state index contributed by atoms with van der Waals surface area (Å²) < 4.78 is 33.9. The summed E-state index contributed by atoms with van der Waals surface area (Å²) in [7, 11) is -4.55. The van der Waals surface area contributed by atoms with E-state index in [-0.39, 0.29) is 21.7 Å². The van der Waals surface area contributed by atoms with Crippen molar-refractivity contribution in [2.45, 2.75) is 4.90 Å². The monoisotopic (exact) mass is 508 g/mol. The van der Waals surface area contributed by atoms with E-state index in [1.165, 1.54) is 6.07 Å². The molecule has 0 aliphatic rings. The minimum absolute atomic E-state index is 0.0685. The van der Waals surface area contributed by atoms with E-state index >= 15 is 0 Å². The minimum atomic E-state index is -4.55. The lowest BCUT2D eigenvalue weighted by atomic mass is 9.97.